The smallest absolute Gasteiger partial charge is 0.407 e. The van der Waals surface area contributed by atoms with Crippen LogP contribution in [0.5, 0.6) is 5.75 Å². The number of carbonyl (C=O) groups excluding carboxylic acids is 2. The maximum atomic E-state index is 11.8. The average molecular weight is 515 g/mol. The molecule has 12 heteroatoms. The van der Waals surface area contributed by atoms with Crippen molar-refractivity contribution in [3.63, 3.8) is 0 Å². The van der Waals surface area contributed by atoms with E-state index in [-0.39, 0.29) is 34.2 Å². The van der Waals surface area contributed by atoms with Crippen LogP contribution >= 0.6 is 11.3 Å². The molecule has 4 N–H and O–H groups in total. The SMILES string of the molecule is CCNC(=O)OC(C)(C)C.COc1ccc(-c2sc(NC(=O)C(C)C)nc2C)cc1S(N)(=O)=O. The molecule has 0 fully saturated rings. The van der Waals surface area contributed by atoms with Crippen molar-refractivity contribution in [3.05, 3.63) is 23.9 Å². The van der Waals surface area contributed by atoms with E-state index in [4.69, 9.17) is 14.6 Å². The number of amides is 2. The Morgan fingerprint density at radius 1 is 1.24 bits per heavy atom. The molecule has 1 aromatic carbocycles. The molecule has 0 aliphatic carbocycles. The molecule has 10 nitrogen and oxygen atoms in total. The van der Waals surface area contributed by atoms with Crippen molar-refractivity contribution in [1.29, 1.82) is 0 Å². The quantitative estimate of drug-likeness (QED) is 0.529. The summed E-state index contributed by atoms with van der Waals surface area (Å²) in [5, 5.41) is 11.0. The summed E-state index contributed by atoms with van der Waals surface area (Å²) in [5.74, 6) is -0.111. The van der Waals surface area contributed by atoms with Crippen molar-refractivity contribution in [3.8, 4) is 16.2 Å². The number of nitrogens with two attached hydrogens (primary N) is 1. The Morgan fingerprint density at radius 3 is 2.32 bits per heavy atom. The number of hydrogen-bond acceptors (Lipinski definition) is 8. The Labute approximate surface area is 205 Å². The van der Waals surface area contributed by atoms with Crippen LogP contribution in [0.25, 0.3) is 10.4 Å². The third kappa shape index (κ3) is 9.27. The molecular weight excluding hydrogens is 480 g/mol. The zero-order chi connectivity index (χ0) is 26.3. The number of ether oxygens (including phenoxy) is 2. The van der Waals surface area contributed by atoms with E-state index >= 15 is 0 Å². The van der Waals surface area contributed by atoms with Gasteiger partial charge in [-0.3, -0.25) is 4.79 Å². The molecular formula is C22H34N4O6S2. The van der Waals surface area contributed by atoms with Gasteiger partial charge in [-0.1, -0.05) is 25.2 Å². The molecule has 2 rings (SSSR count). The molecule has 0 bridgehead atoms. The topological polar surface area (TPSA) is 150 Å². The predicted octanol–water partition coefficient (Wildman–Crippen LogP) is 3.90. The minimum absolute atomic E-state index is 0.0944. The molecule has 0 aliphatic heterocycles. The molecule has 0 atom stereocenters. The summed E-state index contributed by atoms with van der Waals surface area (Å²) in [7, 11) is -2.55. The van der Waals surface area contributed by atoms with Crippen LogP contribution in [0.1, 0.15) is 47.2 Å². The number of methoxy groups -OCH3 is 1. The summed E-state index contributed by atoms with van der Waals surface area (Å²) >= 11 is 1.27. The lowest BCUT2D eigenvalue weighted by molar-refractivity contribution is -0.118. The molecule has 0 spiro atoms. The first-order chi connectivity index (χ1) is 15.6. The van der Waals surface area contributed by atoms with Crippen LogP contribution < -0.4 is 20.5 Å². The van der Waals surface area contributed by atoms with Gasteiger partial charge in [0.15, 0.2) is 5.13 Å². The highest BCUT2D eigenvalue weighted by atomic mass is 32.2. The summed E-state index contributed by atoms with van der Waals surface area (Å²) in [6.07, 6.45) is -0.352. The van der Waals surface area contributed by atoms with E-state index in [1.54, 1.807) is 32.9 Å². The van der Waals surface area contributed by atoms with Crippen molar-refractivity contribution in [1.82, 2.24) is 10.3 Å². The number of benzene rings is 1. The number of thiazole rings is 1. The highest BCUT2D eigenvalue weighted by molar-refractivity contribution is 7.89. The van der Waals surface area contributed by atoms with Crippen LogP contribution in [-0.4, -0.2) is 44.7 Å². The lowest BCUT2D eigenvalue weighted by atomic mass is 10.1. The summed E-state index contributed by atoms with van der Waals surface area (Å²) in [5.41, 5.74) is 0.934. The number of sulfonamides is 1. The number of anilines is 1. The maximum absolute atomic E-state index is 11.8. The first-order valence-electron chi connectivity index (χ1n) is 10.5. The molecule has 2 aromatic rings. The van der Waals surface area contributed by atoms with Crippen LogP contribution in [-0.2, 0) is 19.6 Å². The summed E-state index contributed by atoms with van der Waals surface area (Å²) in [4.78, 5) is 27.5. The van der Waals surface area contributed by atoms with E-state index < -0.39 is 10.0 Å². The van der Waals surface area contributed by atoms with Gasteiger partial charge in [0.25, 0.3) is 0 Å². The van der Waals surface area contributed by atoms with Crippen molar-refractivity contribution in [2.75, 3.05) is 19.0 Å². The number of nitrogens with zero attached hydrogens (tertiary/aromatic N) is 1. The van der Waals surface area contributed by atoms with E-state index in [1.807, 2.05) is 27.7 Å². The summed E-state index contributed by atoms with van der Waals surface area (Å²) in [6.45, 7) is 13.3. The van der Waals surface area contributed by atoms with Crippen LogP contribution in [0.15, 0.2) is 23.1 Å². The minimum Gasteiger partial charge on any atom is -0.495 e. The second-order valence-corrected chi connectivity index (χ2v) is 11.0. The molecule has 34 heavy (non-hydrogen) atoms. The Balaban J connectivity index is 0.000000489. The Kier molecular flexibility index (Phi) is 10.5. The fourth-order valence-electron chi connectivity index (χ4n) is 2.47. The fourth-order valence-corrected chi connectivity index (χ4v) is 4.15. The summed E-state index contributed by atoms with van der Waals surface area (Å²) < 4.78 is 33.4. The Hall–Kier alpha value is -2.70. The first kappa shape index (κ1) is 29.3. The molecule has 0 unspecified atom stereocenters. The number of alkyl carbamates (subject to hydrolysis) is 1. The Bertz CT molecular complexity index is 1110. The molecule has 190 valence electrons. The largest absolute Gasteiger partial charge is 0.495 e. The molecule has 0 aliphatic rings. The lowest BCUT2D eigenvalue weighted by Crippen LogP contribution is -2.32. The van der Waals surface area contributed by atoms with Crippen LogP contribution in [0, 0.1) is 12.8 Å². The number of nitrogens with one attached hydrogen (secondary N) is 2. The molecule has 1 heterocycles. The van der Waals surface area contributed by atoms with Gasteiger partial charge in [0, 0.05) is 12.5 Å². The van der Waals surface area contributed by atoms with Gasteiger partial charge in [-0.2, -0.15) is 0 Å². The monoisotopic (exact) mass is 514 g/mol. The standard InChI is InChI=1S/C15H19N3O4S2.C7H15NO2/c1-8(2)14(19)18-15-17-9(3)13(23-15)10-5-6-11(22-4)12(7-10)24(16,20)21;1-5-8-6(9)10-7(2,3)4/h5-8H,1-4H3,(H2,16,20,21)(H,17,18,19);5H2,1-4H3,(H,8,9). The van der Waals surface area contributed by atoms with E-state index in [1.165, 1.54) is 24.5 Å². The second kappa shape index (κ2) is 12.1. The number of primary sulfonamides is 1. The van der Waals surface area contributed by atoms with E-state index in [0.717, 1.165) is 4.88 Å². The van der Waals surface area contributed by atoms with Gasteiger partial charge in [-0.05, 0) is 58.4 Å². The van der Waals surface area contributed by atoms with Crippen LogP contribution in [0.2, 0.25) is 0 Å². The predicted molar refractivity (Wildman–Crippen MR) is 134 cm³/mol. The lowest BCUT2D eigenvalue weighted by Gasteiger charge is -2.19. The fraction of sp³-hybridized carbons (Fsp3) is 0.500. The highest BCUT2D eigenvalue weighted by Crippen LogP contribution is 2.36. The van der Waals surface area contributed by atoms with Crippen molar-refractivity contribution < 1.29 is 27.5 Å². The first-order valence-corrected chi connectivity index (χ1v) is 12.9. The number of rotatable bonds is 6. The Morgan fingerprint density at radius 2 is 1.85 bits per heavy atom. The van der Waals surface area contributed by atoms with Crippen molar-refractivity contribution >= 4 is 38.5 Å². The average Bonchev–Trinajstić information content (AvgIpc) is 3.06. The van der Waals surface area contributed by atoms with Gasteiger partial charge in [-0.15, -0.1) is 0 Å². The van der Waals surface area contributed by atoms with Gasteiger partial charge < -0.3 is 20.1 Å². The number of aryl methyl sites for hydroxylation is 1. The van der Waals surface area contributed by atoms with E-state index in [2.05, 4.69) is 15.6 Å². The third-order valence-electron chi connectivity index (χ3n) is 4.00. The molecule has 1 aromatic heterocycles. The van der Waals surface area contributed by atoms with Crippen molar-refractivity contribution in [2.45, 2.75) is 59.0 Å². The minimum atomic E-state index is -3.92. The normalized spacial score (nSPS) is 11.4. The number of hydrogen-bond donors (Lipinski definition) is 3. The molecule has 0 saturated heterocycles. The molecule has 0 saturated carbocycles. The third-order valence-corrected chi connectivity index (χ3v) is 6.06. The highest BCUT2D eigenvalue weighted by Gasteiger charge is 2.19. The van der Waals surface area contributed by atoms with Gasteiger partial charge in [0.2, 0.25) is 15.9 Å². The number of carbonyl (C=O) groups is 2. The number of aromatic nitrogens is 1. The van der Waals surface area contributed by atoms with Gasteiger partial charge in [0.05, 0.1) is 17.7 Å². The molecule has 0 radical (unpaired) electrons. The molecule has 2 amide bonds. The van der Waals surface area contributed by atoms with Crippen LogP contribution in [0.3, 0.4) is 0 Å². The second-order valence-electron chi connectivity index (χ2n) is 8.52. The van der Waals surface area contributed by atoms with Crippen molar-refractivity contribution in [2.24, 2.45) is 11.1 Å². The van der Waals surface area contributed by atoms with Crippen LogP contribution in [0.4, 0.5) is 9.93 Å². The maximum Gasteiger partial charge on any atom is 0.407 e. The van der Waals surface area contributed by atoms with Gasteiger partial charge >= 0.3 is 6.09 Å². The van der Waals surface area contributed by atoms with E-state index in [9.17, 15) is 18.0 Å². The van der Waals surface area contributed by atoms with E-state index in [0.29, 0.717) is 22.9 Å². The zero-order valence-electron chi connectivity index (χ0n) is 20.8. The zero-order valence-corrected chi connectivity index (χ0v) is 22.4. The van der Waals surface area contributed by atoms with Gasteiger partial charge in [-0.25, -0.2) is 23.3 Å². The van der Waals surface area contributed by atoms with Gasteiger partial charge in [0.1, 0.15) is 16.2 Å². The summed E-state index contributed by atoms with van der Waals surface area (Å²) in [6, 6.07) is 4.71.